The molecule has 0 atom stereocenters. The van der Waals surface area contributed by atoms with Crippen LogP contribution in [0.3, 0.4) is 0 Å². The van der Waals surface area contributed by atoms with Gasteiger partial charge in [0, 0.05) is 12.1 Å². The van der Waals surface area contributed by atoms with Crippen LogP contribution in [0.2, 0.25) is 0 Å². The molecule has 0 bridgehead atoms. The van der Waals surface area contributed by atoms with E-state index in [9.17, 15) is 9.90 Å². The van der Waals surface area contributed by atoms with Crippen molar-refractivity contribution >= 4 is 11.6 Å². The Kier molecular flexibility index (Phi) is 4.77. The number of aryl methyl sites for hydroxylation is 2. The molecule has 1 amide bonds. The number of carbonyl (C=O) groups is 1. The van der Waals surface area contributed by atoms with Crippen molar-refractivity contribution in [2.24, 2.45) is 0 Å². The SMILES string of the molecule is Cc1cc(NC(=O)CCCc2ccccc2)ccc1O. The number of rotatable bonds is 5. The van der Waals surface area contributed by atoms with E-state index in [1.165, 1.54) is 5.56 Å². The molecule has 0 aromatic heterocycles. The van der Waals surface area contributed by atoms with Crippen LogP contribution in [0.25, 0.3) is 0 Å². The fourth-order valence-electron chi connectivity index (χ4n) is 2.05. The van der Waals surface area contributed by atoms with Gasteiger partial charge in [0.05, 0.1) is 0 Å². The molecule has 2 aromatic rings. The Labute approximate surface area is 119 Å². The number of carbonyl (C=O) groups excluding carboxylic acids is 1. The Morgan fingerprint density at radius 1 is 1.15 bits per heavy atom. The number of hydrogen-bond donors (Lipinski definition) is 2. The number of phenolic OH excluding ortho intramolecular Hbond substituents is 1. The van der Waals surface area contributed by atoms with Gasteiger partial charge in [0.25, 0.3) is 0 Å². The van der Waals surface area contributed by atoms with Crippen molar-refractivity contribution in [1.82, 2.24) is 0 Å². The summed E-state index contributed by atoms with van der Waals surface area (Å²) in [4.78, 5) is 11.8. The topological polar surface area (TPSA) is 49.3 Å². The molecule has 3 heteroatoms. The first kappa shape index (κ1) is 14.1. The average Bonchev–Trinajstić information content (AvgIpc) is 2.44. The molecule has 3 nitrogen and oxygen atoms in total. The van der Waals surface area contributed by atoms with Gasteiger partial charge in [-0.1, -0.05) is 30.3 Å². The van der Waals surface area contributed by atoms with Gasteiger partial charge >= 0.3 is 0 Å². The zero-order valence-corrected chi connectivity index (χ0v) is 11.6. The fraction of sp³-hybridized carbons (Fsp3) is 0.235. The van der Waals surface area contributed by atoms with E-state index in [1.807, 2.05) is 18.2 Å². The largest absolute Gasteiger partial charge is 0.508 e. The molecule has 0 saturated heterocycles. The van der Waals surface area contributed by atoms with Gasteiger partial charge in [-0.25, -0.2) is 0 Å². The number of nitrogens with one attached hydrogen (secondary N) is 1. The van der Waals surface area contributed by atoms with E-state index in [0.29, 0.717) is 6.42 Å². The van der Waals surface area contributed by atoms with Crippen LogP contribution >= 0.6 is 0 Å². The second-order valence-electron chi connectivity index (χ2n) is 4.89. The standard InChI is InChI=1S/C17H19NO2/c1-13-12-15(10-11-16(13)19)18-17(20)9-5-8-14-6-3-2-4-7-14/h2-4,6-7,10-12,19H,5,8-9H2,1H3,(H,18,20). The number of hydrogen-bond acceptors (Lipinski definition) is 2. The first-order chi connectivity index (χ1) is 9.65. The van der Waals surface area contributed by atoms with Crippen LogP contribution in [0, 0.1) is 6.92 Å². The third-order valence-corrected chi connectivity index (χ3v) is 3.19. The summed E-state index contributed by atoms with van der Waals surface area (Å²) in [6.45, 7) is 1.81. The van der Waals surface area contributed by atoms with Crippen molar-refractivity contribution in [1.29, 1.82) is 0 Å². The van der Waals surface area contributed by atoms with Gasteiger partial charge in [-0.05, 0) is 49.1 Å². The van der Waals surface area contributed by atoms with E-state index in [-0.39, 0.29) is 11.7 Å². The molecule has 20 heavy (non-hydrogen) atoms. The minimum atomic E-state index is 0.00557. The molecule has 0 saturated carbocycles. The van der Waals surface area contributed by atoms with Crippen molar-refractivity contribution in [2.45, 2.75) is 26.2 Å². The molecule has 2 rings (SSSR count). The summed E-state index contributed by atoms with van der Waals surface area (Å²) in [5.74, 6) is 0.248. The van der Waals surface area contributed by atoms with E-state index < -0.39 is 0 Å². The second-order valence-corrected chi connectivity index (χ2v) is 4.89. The summed E-state index contributed by atoms with van der Waals surface area (Å²) in [6, 6.07) is 15.2. The molecule has 0 aliphatic carbocycles. The van der Waals surface area contributed by atoms with Gasteiger partial charge in [0.1, 0.15) is 5.75 Å². The van der Waals surface area contributed by atoms with Crippen LogP contribution < -0.4 is 5.32 Å². The maximum atomic E-state index is 11.8. The molecule has 0 heterocycles. The first-order valence-corrected chi connectivity index (χ1v) is 6.78. The van der Waals surface area contributed by atoms with Gasteiger partial charge in [0.15, 0.2) is 0 Å². The molecular weight excluding hydrogens is 250 g/mol. The fourth-order valence-corrected chi connectivity index (χ4v) is 2.05. The van der Waals surface area contributed by atoms with Crippen LogP contribution in [0.5, 0.6) is 5.75 Å². The molecule has 2 N–H and O–H groups in total. The third-order valence-electron chi connectivity index (χ3n) is 3.19. The Morgan fingerprint density at radius 3 is 2.60 bits per heavy atom. The lowest BCUT2D eigenvalue weighted by atomic mass is 10.1. The zero-order valence-electron chi connectivity index (χ0n) is 11.6. The smallest absolute Gasteiger partial charge is 0.224 e. The number of anilines is 1. The van der Waals surface area contributed by atoms with E-state index in [0.717, 1.165) is 24.1 Å². The van der Waals surface area contributed by atoms with Gasteiger partial charge in [-0.3, -0.25) is 4.79 Å². The highest BCUT2D eigenvalue weighted by Crippen LogP contribution is 2.20. The van der Waals surface area contributed by atoms with Gasteiger partial charge < -0.3 is 10.4 Å². The molecule has 0 unspecified atom stereocenters. The highest BCUT2D eigenvalue weighted by atomic mass is 16.3. The minimum absolute atomic E-state index is 0.00557. The first-order valence-electron chi connectivity index (χ1n) is 6.78. The lowest BCUT2D eigenvalue weighted by molar-refractivity contribution is -0.116. The van der Waals surface area contributed by atoms with Crippen LogP contribution in [-0.4, -0.2) is 11.0 Å². The Morgan fingerprint density at radius 2 is 1.90 bits per heavy atom. The number of benzene rings is 2. The van der Waals surface area contributed by atoms with Crippen molar-refractivity contribution in [3.63, 3.8) is 0 Å². The number of phenols is 1. The molecular formula is C17H19NO2. The van der Waals surface area contributed by atoms with E-state index in [2.05, 4.69) is 17.4 Å². The molecule has 2 aromatic carbocycles. The minimum Gasteiger partial charge on any atom is -0.508 e. The van der Waals surface area contributed by atoms with Gasteiger partial charge in [0.2, 0.25) is 5.91 Å². The van der Waals surface area contributed by atoms with E-state index in [1.54, 1.807) is 25.1 Å². The summed E-state index contributed by atoms with van der Waals surface area (Å²) in [5, 5.41) is 12.3. The van der Waals surface area contributed by atoms with Crippen molar-refractivity contribution in [2.75, 3.05) is 5.32 Å². The van der Waals surface area contributed by atoms with Crippen molar-refractivity contribution < 1.29 is 9.90 Å². The molecule has 0 spiro atoms. The van der Waals surface area contributed by atoms with Crippen LogP contribution in [-0.2, 0) is 11.2 Å². The zero-order chi connectivity index (χ0) is 14.4. The van der Waals surface area contributed by atoms with E-state index >= 15 is 0 Å². The molecule has 0 fully saturated rings. The lowest BCUT2D eigenvalue weighted by Crippen LogP contribution is -2.11. The Bertz CT molecular complexity index is 579. The number of aromatic hydroxyl groups is 1. The molecule has 104 valence electrons. The maximum Gasteiger partial charge on any atom is 0.224 e. The molecule has 0 aliphatic rings. The summed E-state index contributed by atoms with van der Waals surface area (Å²) in [7, 11) is 0. The Balaban J connectivity index is 1.79. The van der Waals surface area contributed by atoms with Gasteiger partial charge in [-0.2, -0.15) is 0 Å². The summed E-state index contributed by atoms with van der Waals surface area (Å²) < 4.78 is 0. The average molecular weight is 269 g/mol. The van der Waals surface area contributed by atoms with Crippen LogP contribution in [0.1, 0.15) is 24.0 Å². The van der Waals surface area contributed by atoms with Gasteiger partial charge in [-0.15, -0.1) is 0 Å². The third kappa shape index (κ3) is 4.12. The summed E-state index contributed by atoms with van der Waals surface area (Å²) in [5.41, 5.74) is 2.73. The lowest BCUT2D eigenvalue weighted by Gasteiger charge is -2.07. The molecule has 0 radical (unpaired) electrons. The molecule has 0 aliphatic heterocycles. The predicted molar refractivity (Wildman–Crippen MR) is 80.9 cm³/mol. The quantitative estimate of drug-likeness (QED) is 0.814. The highest BCUT2D eigenvalue weighted by Gasteiger charge is 2.04. The van der Waals surface area contributed by atoms with Crippen molar-refractivity contribution in [3.05, 3.63) is 59.7 Å². The highest BCUT2D eigenvalue weighted by molar-refractivity contribution is 5.90. The summed E-state index contributed by atoms with van der Waals surface area (Å²) in [6.07, 6.45) is 2.23. The number of amides is 1. The predicted octanol–water partition coefficient (Wildman–Crippen LogP) is 3.66. The Hall–Kier alpha value is -2.29. The maximum absolute atomic E-state index is 11.8. The van der Waals surface area contributed by atoms with Crippen molar-refractivity contribution in [3.8, 4) is 5.75 Å². The normalized spacial score (nSPS) is 10.2. The van der Waals surface area contributed by atoms with Crippen LogP contribution in [0.15, 0.2) is 48.5 Å². The van der Waals surface area contributed by atoms with Crippen LogP contribution in [0.4, 0.5) is 5.69 Å². The summed E-state index contributed by atoms with van der Waals surface area (Å²) >= 11 is 0. The monoisotopic (exact) mass is 269 g/mol. The second kappa shape index (κ2) is 6.75. The van der Waals surface area contributed by atoms with E-state index in [4.69, 9.17) is 0 Å².